The first-order valence-corrected chi connectivity index (χ1v) is 12.2. The zero-order valence-electron chi connectivity index (χ0n) is 20.8. The highest BCUT2D eigenvalue weighted by atomic mass is 35.5. The first-order valence-electron chi connectivity index (χ1n) is 11.8. The van der Waals surface area contributed by atoms with Crippen LogP contribution in [0.3, 0.4) is 0 Å². The lowest BCUT2D eigenvalue weighted by Gasteiger charge is -2.25. The van der Waals surface area contributed by atoms with Crippen molar-refractivity contribution in [1.29, 1.82) is 0 Å². The number of ether oxygens (including phenoxy) is 4. The molecule has 35 heavy (non-hydrogen) atoms. The van der Waals surface area contributed by atoms with Gasteiger partial charge in [0.1, 0.15) is 18.2 Å². The number of anilines is 1. The number of hydrogen-bond acceptors (Lipinski definition) is 7. The monoisotopic (exact) mass is 501 g/mol. The minimum absolute atomic E-state index is 0.102. The molecule has 1 heterocycles. The van der Waals surface area contributed by atoms with Crippen molar-refractivity contribution in [3.8, 4) is 23.1 Å². The number of benzene rings is 2. The number of methoxy groups -OCH3 is 2. The van der Waals surface area contributed by atoms with Crippen molar-refractivity contribution < 1.29 is 23.7 Å². The Morgan fingerprint density at radius 3 is 2.29 bits per heavy atom. The molecule has 188 valence electrons. The van der Waals surface area contributed by atoms with Crippen LogP contribution in [0.15, 0.2) is 36.7 Å². The summed E-state index contributed by atoms with van der Waals surface area (Å²) in [6.07, 6.45) is 4.48. The number of amides is 1. The number of hydrogen-bond donors (Lipinski definition) is 0. The molecule has 0 fully saturated rings. The van der Waals surface area contributed by atoms with E-state index in [4.69, 9.17) is 30.5 Å². The zero-order valence-corrected chi connectivity index (χ0v) is 21.6. The molecule has 0 unspecified atom stereocenters. The molecule has 1 aromatic heterocycles. The SMILES string of the molecule is CCCC(CCC)OC(=O)N(CC)c1ccc(Oc2ncnc3cc(OC)c(OC)cc23)cc1Cl. The van der Waals surface area contributed by atoms with Gasteiger partial charge in [-0.1, -0.05) is 38.3 Å². The molecule has 0 aliphatic heterocycles. The number of carbonyl (C=O) groups excluding carboxylic acids is 1. The number of nitrogens with zero attached hydrogens (tertiary/aromatic N) is 3. The molecule has 0 atom stereocenters. The molecule has 0 bridgehead atoms. The van der Waals surface area contributed by atoms with Gasteiger partial charge in [-0.15, -0.1) is 0 Å². The second kappa shape index (κ2) is 12.4. The van der Waals surface area contributed by atoms with Crippen molar-refractivity contribution >= 4 is 34.3 Å². The Labute approximate surface area is 211 Å². The summed E-state index contributed by atoms with van der Waals surface area (Å²) in [6, 6.07) is 8.65. The molecule has 0 radical (unpaired) electrons. The summed E-state index contributed by atoms with van der Waals surface area (Å²) in [4.78, 5) is 23.0. The Balaban J connectivity index is 1.85. The van der Waals surface area contributed by atoms with Crippen LogP contribution >= 0.6 is 11.6 Å². The van der Waals surface area contributed by atoms with Gasteiger partial charge in [-0.25, -0.2) is 14.8 Å². The minimum Gasteiger partial charge on any atom is -0.493 e. The first kappa shape index (κ1) is 26.3. The third-order valence-electron chi connectivity index (χ3n) is 5.55. The predicted octanol–water partition coefficient (Wildman–Crippen LogP) is 7.02. The summed E-state index contributed by atoms with van der Waals surface area (Å²) >= 11 is 6.58. The molecule has 2 aromatic carbocycles. The number of rotatable bonds is 11. The summed E-state index contributed by atoms with van der Waals surface area (Å²) in [5.74, 6) is 1.90. The van der Waals surface area contributed by atoms with E-state index in [1.807, 2.05) is 6.92 Å². The Morgan fingerprint density at radius 1 is 1.00 bits per heavy atom. The van der Waals surface area contributed by atoms with Crippen LogP contribution in [-0.4, -0.2) is 42.9 Å². The van der Waals surface area contributed by atoms with Crippen LogP contribution in [0.25, 0.3) is 10.9 Å². The lowest BCUT2D eigenvalue weighted by Crippen LogP contribution is -2.34. The van der Waals surface area contributed by atoms with Crippen LogP contribution in [0, 0.1) is 0 Å². The van der Waals surface area contributed by atoms with E-state index in [1.165, 1.54) is 11.2 Å². The smallest absolute Gasteiger partial charge is 0.414 e. The summed E-state index contributed by atoms with van der Waals surface area (Å²) in [7, 11) is 3.12. The fourth-order valence-corrected chi connectivity index (χ4v) is 4.11. The largest absolute Gasteiger partial charge is 0.493 e. The average molecular weight is 502 g/mol. The maximum Gasteiger partial charge on any atom is 0.414 e. The van der Waals surface area contributed by atoms with E-state index in [9.17, 15) is 4.79 Å². The van der Waals surface area contributed by atoms with Crippen molar-refractivity contribution in [2.45, 2.75) is 52.6 Å². The summed E-state index contributed by atoms with van der Waals surface area (Å²) in [5, 5.41) is 1.02. The lowest BCUT2D eigenvalue weighted by atomic mass is 10.1. The molecule has 3 aromatic rings. The quantitative estimate of drug-likeness (QED) is 0.279. The van der Waals surface area contributed by atoms with Gasteiger partial charge in [-0.2, -0.15) is 0 Å². The van der Waals surface area contributed by atoms with Crippen LogP contribution in [0.2, 0.25) is 5.02 Å². The highest BCUT2D eigenvalue weighted by molar-refractivity contribution is 6.33. The van der Waals surface area contributed by atoms with Gasteiger partial charge in [0.2, 0.25) is 5.88 Å². The summed E-state index contributed by atoms with van der Waals surface area (Å²) in [5.41, 5.74) is 1.20. The highest BCUT2D eigenvalue weighted by Gasteiger charge is 2.22. The van der Waals surface area contributed by atoms with Crippen LogP contribution in [0.1, 0.15) is 46.5 Å². The Hall–Kier alpha value is -3.26. The van der Waals surface area contributed by atoms with Gasteiger partial charge >= 0.3 is 6.09 Å². The first-order chi connectivity index (χ1) is 16.9. The number of halogens is 1. The van der Waals surface area contributed by atoms with Gasteiger partial charge in [0.05, 0.1) is 35.8 Å². The third-order valence-corrected chi connectivity index (χ3v) is 5.86. The van der Waals surface area contributed by atoms with Crippen molar-refractivity contribution in [3.63, 3.8) is 0 Å². The van der Waals surface area contributed by atoms with E-state index in [0.29, 0.717) is 51.3 Å². The van der Waals surface area contributed by atoms with Gasteiger partial charge in [0.25, 0.3) is 0 Å². The minimum atomic E-state index is -0.405. The van der Waals surface area contributed by atoms with Gasteiger partial charge in [-0.05, 0) is 38.0 Å². The molecule has 0 saturated carbocycles. The van der Waals surface area contributed by atoms with Crippen LogP contribution in [0.5, 0.6) is 23.1 Å². The van der Waals surface area contributed by atoms with E-state index in [1.54, 1.807) is 44.6 Å². The highest BCUT2D eigenvalue weighted by Crippen LogP contribution is 2.37. The maximum absolute atomic E-state index is 12.9. The number of aromatic nitrogens is 2. The van der Waals surface area contributed by atoms with E-state index in [-0.39, 0.29) is 6.10 Å². The predicted molar refractivity (Wildman–Crippen MR) is 137 cm³/mol. The molecule has 0 N–H and O–H groups in total. The van der Waals surface area contributed by atoms with Gasteiger partial charge < -0.3 is 18.9 Å². The molecular formula is C26H32ClN3O5. The summed E-state index contributed by atoms with van der Waals surface area (Å²) < 4.78 is 22.5. The van der Waals surface area contributed by atoms with Crippen LogP contribution in [0.4, 0.5) is 10.5 Å². The van der Waals surface area contributed by atoms with E-state index >= 15 is 0 Å². The topological polar surface area (TPSA) is 83.0 Å². The fraction of sp³-hybridized carbons (Fsp3) is 0.423. The number of fused-ring (bicyclic) bond motifs is 1. The van der Waals surface area contributed by atoms with Crippen molar-refractivity contribution in [1.82, 2.24) is 9.97 Å². The van der Waals surface area contributed by atoms with E-state index in [0.717, 1.165) is 25.7 Å². The van der Waals surface area contributed by atoms with Crippen LogP contribution < -0.4 is 19.1 Å². The molecule has 0 spiro atoms. The fourth-order valence-electron chi connectivity index (χ4n) is 3.83. The normalized spacial score (nSPS) is 10.9. The second-order valence-electron chi connectivity index (χ2n) is 7.95. The molecule has 0 saturated heterocycles. The Bertz CT molecular complexity index is 1150. The van der Waals surface area contributed by atoms with Crippen molar-refractivity contribution in [3.05, 3.63) is 41.7 Å². The molecule has 0 aliphatic carbocycles. The lowest BCUT2D eigenvalue weighted by molar-refractivity contribution is 0.0928. The van der Waals surface area contributed by atoms with Crippen LogP contribution in [-0.2, 0) is 4.74 Å². The van der Waals surface area contributed by atoms with Gasteiger partial charge in [-0.3, -0.25) is 4.90 Å². The van der Waals surface area contributed by atoms with E-state index < -0.39 is 6.09 Å². The van der Waals surface area contributed by atoms with Crippen molar-refractivity contribution in [2.24, 2.45) is 0 Å². The average Bonchev–Trinajstić information content (AvgIpc) is 2.85. The molecule has 9 heteroatoms. The summed E-state index contributed by atoms with van der Waals surface area (Å²) in [6.45, 7) is 6.46. The molecular weight excluding hydrogens is 470 g/mol. The van der Waals surface area contributed by atoms with Gasteiger partial charge in [0, 0.05) is 18.7 Å². The van der Waals surface area contributed by atoms with Gasteiger partial charge in [0.15, 0.2) is 11.5 Å². The molecule has 8 nitrogen and oxygen atoms in total. The molecule has 3 rings (SSSR count). The maximum atomic E-state index is 12.9. The Kier molecular flexibility index (Phi) is 9.37. The standard InChI is InChI=1S/C26H32ClN3O5/c1-6-9-17(10-7-2)35-26(31)30(8-3)22-12-11-18(13-20(22)27)34-25-19-14-23(32-4)24(33-5)15-21(19)28-16-29-25/h11-17H,6-10H2,1-5H3. The molecule has 0 aliphatic rings. The molecule has 1 amide bonds. The van der Waals surface area contributed by atoms with E-state index in [2.05, 4.69) is 23.8 Å². The Morgan fingerprint density at radius 2 is 1.69 bits per heavy atom. The second-order valence-corrected chi connectivity index (χ2v) is 8.35. The zero-order chi connectivity index (χ0) is 25.4. The number of carbonyl (C=O) groups is 1. The third kappa shape index (κ3) is 6.25. The van der Waals surface area contributed by atoms with Crippen molar-refractivity contribution in [2.75, 3.05) is 25.7 Å².